The van der Waals surface area contributed by atoms with Crippen molar-refractivity contribution < 1.29 is 32.6 Å². The average Bonchev–Trinajstić information content (AvgIpc) is 3.22. The maximum absolute atomic E-state index is 13.2. The Hall–Kier alpha value is -0.669. The summed E-state index contributed by atoms with van der Waals surface area (Å²) in [6.45, 7) is 38.5. The molecule has 0 unspecified atom stereocenters. The van der Waals surface area contributed by atoms with Crippen LogP contribution in [-0.2, 0) is 34.1 Å². The Labute approximate surface area is 291 Å². The van der Waals surface area contributed by atoms with Crippen LogP contribution in [0.5, 0.6) is 0 Å². The second-order valence-electron chi connectivity index (χ2n) is 18.4. The van der Waals surface area contributed by atoms with E-state index < -0.39 is 48.5 Å². The summed E-state index contributed by atoms with van der Waals surface area (Å²) in [7, 11) is -6.55. The number of rotatable bonds is 15. The van der Waals surface area contributed by atoms with Crippen LogP contribution in [0.3, 0.4) is 0 Å². The van der Waals surface area contributed by atoms with Crippen molar-refractivity contribution in [3.8, 4) is 0 Å². The van der Waals surface area contributed by atoms with E-state index in [1.54, 1.807) is 0 Å². The Kier molecular flexibility index (Phi) is 13.8. The highest BCUT2D eigenvalue weighted by molar-refractivity contribution is 6.74. The molecule has 0 aliphatic carbocycles. The molecule has 1 N–H and O–H groups in total. The lowest BCUT2D eigenvalue weighted by atomic mass is 9.85. The molecule has 0 bridgehead atoms. The average molecular weight is 711 g/mol. The second-order valence-corrected chi connectivity index (χ2v) is 32.8. The Morgan fingerprint density at radius 2 is 1.26 bits per heavy atom. The van der Waals surface area contributed by atoms with Gasteiger partial charge in [-0.1, -0.05) is 98.7 Å². The number of hydrogen-bond acceptors (Lipinski definition) is 7. The van der Waals surface area contributed by atoms with Gasteiger partial charge in [-0.3, -0.25) is 0 Å². The molecular formula is C37H70O7Si3. The molecule has 2 rings (SSSR count). The lowest BCUT2D eigenvalue weighted by molar-refractivity contribution is -0.171. The van der Waals surface area contributed by atoms with Gasteiger partial charge in [-0.25, -0.2) is 0 Å². The van der Waals surface area contributed by atoms with E-state index >= 15 is 0 Å². The maximum Gasteiger partial charge on any atom is 0.192 e. The third-order valence-corrected chi connectivity index (χ3v) is 24.5. The van der Waals surface area contributed by atoms with Crippen LogP contribution in [-0.4, -0.2) is 80.1 Å². The highest BCUT2D eigenvalue weighted by Gasteiger charge is 2.55. The Bertz CT molecular complexity index is 1160. The first-order chi connectivity index (χ1) is 21.0. The van der Waals surface area contributed by atoms with Gasteiger partial charge in [-0.05, 0) is 79.4 Å². The zero-order valence-corrected chi connectivity index (χ0v) is 36.1. The van der Waals surface area contributed by atoms with Crippen LogP contribution in [0.4, 0.5) is 0 Å². The lowest BCUT2D eigenvalue weighted by Crippen LogP contribution is -2.57. The fraction of sp³-hybridized carbons (Fsp3) is 0.784. The Morgan fingerprint density at radius 1 is 0.766 bits per heavy atom. The molecule has 10 heteroatoms. The monoisotopic (exact) mass is 710 g/mol. The van der Waals surface area contributed by atoms with E-state index in [4.69, 9.17) is 27.5 Å². The topological polar surface area (TPSA) is 75.6 Å². The van der Waals surface area contributed by atoms with Crippen molar-refractivity contribution in [3.05, 3.63) is 47.5 Å². The van der Waals surface area contributed by atoms with Gasteiger partial charge in [0.2, 0.25) is 0 Å². The van der Waals surface area contributed by atoms with Gasteiger partial charge in [0.15, 0.2) is 30.7 Å². The van der Waals surface area contributed by atoms with Crippen molar-refractivity contribution in [2.75, 3.05) is 26.4 Å². The molecule has 1 saturated heterocycles. The van der Waals surface area contributed by atoms with Gasteiger partial charge in [0, 0.05) is 0 Å². The van der Waals surface area contributed by atoms with Crippen molar-refractivity contribution >= 4 is 25.0 Å². The van der Waals surface area contributed by atoms with Crippen molar-refractivity contribution in [3.63, 3.8) is 0 Å². The summed E-state index contributed by atoms with van der Waals surface area (Å²) in [5, 5.41) is 13.2. The van der Waals surface area contributed by atoms with Crippen molar-refractivity contribution in [2.24, 2.45) is 0 Å². The number of hydrogen-bond donors (Lipinski definition) is 1. The third kappa shape index (κ3) is 11.4. The summed E-state index contributed by atoms with van der Waals surface area (Å²) in [6.07, 6.45) is 0.721. The van der Waals surface area contributed by atoms with Crippen molar-refractivity contribution in [2.45, 2.75) is 161 Å². The number of ether oxygens (including phenoxy) is 3. The van der Waals surface area contributed by atoms with E-state index in [0.29, 0.717) is 18.8 Å². The molecule has 0 amide bonds. The molecule has 47 heavy (non-hydrogen) atoms. The van der Waals surface area contributed by atoms with Crippen LogP contribution < -0.4 is 0 Å². The van der Waals surface area contributed by atoms with E-state index in [0.717, 1.165) is 5.56 Å². The molecule has 1 aliphatic rings. The molecule has 1 aliphatic heterocycles. The molecule has 1 fully saturated rings. The largest absolute Gasteiger partial charge is 0.413 e. The van der Waals surface area contributed by atoms with Crippen LogP contribution in [0, 0.1) is 0 Å². The van der Waals surface area contributed by atoms with Crippen molar-refractivity contribution in [1.29, 1.82) is 0 Å². The third-order valence-electron chi connectivity index (χ3n) is 11.0. The van der Waals surface area contributed by atoms with Gasteiger partial charge in [-0.15, -0.1) is 0 Å². The fourth-order valence-electron chi connectivity index (χ4n) is 4.50. The first-order valence-corrected chi connectivity index (χ1v) is 26.1. The van der Waals surface area contributed by atoms with E-state index in [1.807, 2.05) is 50.3 Å². The maximum atomic E-state index is 13.2. The first kappa shape index (κ1) is 42.5. The summed E-state index contributed by atoms with van der Waals surface area (Å²) < 4.78 is 39.6. The molecule has 1 aromatic rings. The molecule has 1 aromatic carbocycles. The molecule has 0 spiro atoms. The number of aliphatic hydroxyl groups is 1. The van der Waals surface area contributed by atoms with Gasteiger partial charge in [0.1, 0.15) is 17.8 Å². The van der Waals surface area contributed by atoms with Crippen LogP contribution in [0.2, 0.25) is 54.4 Å². The zero-order valence-electron chi connectivity index (χ0n) is 33.1. The minimum atomic E-state index is -2.29. The Balaban J connectivity index is 2.62. The van der Waals surface area contributed by atoms with E-state index in [-0.39, 0.29) is 34.9 Å². The molecule has 7 nitrogen and oxygen atoms in total. The summed E-state index contributed by atoms with van der Waals surface area (Å²) in [5.41, 5.74) is 0.215. The highest BCUT2D eigenvalue weighted by atomic mass is 28.4. The van der Waals surface area contributed by atoms with Gasteiger partial charge >= 0.3 is 0 Å². The van der Waals surface area contributed by atoms with Gasteiger partial charge in [0.05, 0.1) is 33.0 Å². The summed E-state index contributed by atoms with van der Waals surface area (Å²) in [6, 6.07) is 10.1. The van der Waals surface area contributed by atoms with E-state index in [2.05, 4.69) is 102 Å². The normalized spacial score (nSPS) is 21.6. The highest BCUT2D eigenvalue weighted by Crippen LogP contribution is 2.43. The summed E-state index contributed by atoms with van der Waals surface area (Å²) in [5.74, 6) is -0.931. The second kappa shape index (κ2) is 15.3. The van der Waals surface area contributed by atoms with Crippen LogP contribution in [0.15, 0.2) is 42.0 Å². The predicted molar refractivity (Wildman–Crippen MR) is 202 cm³/mol. The van der Waals surface area contributed by atoms with Gasteiger partial charge < -0.3 is 32.6 Å². The quantitative estimate of drug-likeness (QED) is 0.144. The molecule has 1 heterocycles. The van der Waals surface area contributed by atoms with Gasteiger partial charge in [0.25, 0.3) is 0 Å². The molecule has 272 valence electrons. The SMILES string of the molecule is CC1(C)O[C@@H](COCc2ccccc2)[C@H]([C@](O)(CO[Si](C)(C)C(C)(C)C)/C(=C/CO[Si](C)(C)C(C)(C)C)CO[Si](C)(C)C(C)(C)C)O1. The molecule has 0 radical (unpaired) electrons. The molecular weight excluding hydrogens is 641 g/mol. The molecule has 0 aromatic heterocycles. The fourth-order valence-corrected chi connectivity index (χ4v) is 7.39. The lowest BCUT2D eigenvalue weighted by Gasteiger charge is -2.44. The molecule has 0 saturated carbocycles. The smallest absolute Gasteiger partial charge is 0.192 e. The minimum Gasteiger partial charge on any atom is -0.413 e. The van der Waals surface area contributed by atoms with Crippen LogP contribution in [0.1, 0.15) is 81.7 Å². The summed E-state index contributed by atoms with van der Waals surface area (Å²) in [4.78, 5) is 0. The summed E-state index contributed by atoms with van der Waals surface area (Å²) >= 11 is 0. The number of benzene rings is 1. The minimum absolute atomic E-state index is 0.00568. The Morgan fingerprint density at radius 3 is 1.77 bits per heavy atom. The van der Waals surface area contributed by atoms with Gasteiger partial charge in [-0.2, -0.15) is 0 Å². The van der Waals surface area contributed by atoms with Crippen LogP contribution >= 0.6 is 0 Å². The standard InChI is InChI=1S/C37H70O7Si3/c1-33(2,3)45(12,13)40-24-23-30(26-41-46(14,15)34(4,5)6)37(38,28-42-47(16,17)35(7,8)9)32-31(43-36(10,11)44-32)27-39-25-29-21-19-18-20-22-29/h18-23,31-32,38H,24-28H2,1-17H3/b30-23+/t31-,32+,37-/m0/s1. The first-order valence-electron chi connectivity index (χ1n) is 17.4. The van der Waals surface area contributed by atoms with Crippen molar-refractivity contribution in [1.82, 2.24) is 0 Å². The van der Waals surface area contributed by atoms with E-state index in [1.165, 1.54) is 0 Å². The molecule has 3 atom stereocenters. The van der Waals surface area contributed by atoms with Crippen LogP contribution in [0.25, 0.3) is 0 Å². The zero-order chi connectivity index (χ0) is 36.3. The van der Waals surface area contributed by atoms with E-state index in [9.17, 15) is 5.11 Å². The predicted octanol–water partition coefficient (Wildman–Crippen LogP) is 9.45.